The highest BCUT2D eigenvalue weighted by Gasteiger charge is 2.22. The molecule has 0 spiro atoms. The average Bonchev–Trinajstić information content (AvgIpc) is 2.61. The van der Waals surface area contributed by atoms with Crippen molar-refractivity contribution in [3.05, 3.63) is 23.8 Å². The molecule has 0 radical (unpaired) electrons. The van der Waals surface area contributed by atoms with E-state index in [9.17, 15) is 9.59 Å². The van der Waals surface area contributed by atoms with E-state index >= 15 is 0 Å². The zero-order valence-electron chi connectivity index (χ0n) is 13.8. The van der Waals surface area contributed by atoms with Gasteiger partial charge in [0.25, 0.3) is 5.91 Å². The molecule has 0 unspecified atom stereocenters. The van der Waals surface area contributed by atoms with Crippen LogP contribution >= 0.6 is 0 Å². The minimum absolute atomic E-state index is 0.0465. The molecule has 2 amide bonds. The molecule has 2 rings (SSSR count). The normalized spacial score (nSPS) is 14.3. The lowest BCUT2D eigenvalue weighted by Crippen LogP contribution is -2.49. The van der Waals surface area contributed by atoms with Crippen molar-refractivity contribution in [2.75, 3.05) is 54.0 Å². The molecule has 1 fully saturated rings. The number of amides is 2. The number of nitrogens with one attached hydrogen (secondary N) is 1. The molecular weight excluding hydrogens is 298 g/mol. The average molecular weight is 321 g/mol. The number of hydrogen-bond donors (Lipinski definition) is 1. The van der Waals surface area contributed by atoms with E-state index in [0.717, 1.165) is 13.1 Å². The van der Waals surface area contributed by atoms with Crippen molar-refractivity contribution in [3.63, 3.8) is 0 Å². The van der Waals surface area contributed by atoms with Gasteiger partial charge in [0.2, 0.25) is 5.91 Å². The minimum atomic E-state index is -0.256. The number of ether oxygens (including phenoxy) is 2. The van der Waals surface area contributed by atoms with Gasteiger partial charge in [-0.05, 0) is 12.1 Å². The number of piperazine rings is 1. The molecule has 0 aliphatic carbocycles. The van der Waals surface area contributed by atoms with Crippen LogP contribution in [0.15, 0.2) is 18.2 Å². The molecule has 0 aromatic heterocycles. The van der Waals surface area contributed by atoms with Crippen molar-refractivity contribution >= 4 is 11.8 Å². The summed E-state index contributed by atoms with van der Waals surface area (Å²) in [6.07, 6.45) is 0. The van der Waals surface area contributed by atoms with Gasteiger partial charge in [0, 0.05) is 39.3 Å². The van der Waals surface area contributed by atoms with Crippen molar-refractivity contribution in [2.45, 2.75) is 0 Å². The number of rotatable bonds is 5. The maximum atomic E-state index is 12.6. The Labute approximate surface area is 136 Å². The summed E-state index contributed by atoms with van der Waals surface area (Å²) in [5.41, 5.74) is 0.406. The monoisotopic (exact) mass is 321 g/mol. The Morgan fingerprint density at radius 2 is 1.91 bits per heavy atom. The fourth-order valence-corrected chi connectivity index (χ4v) is 2.47. The van der Waals surface area contributed by atoms with E-state index in [2.05, 4.69) is 5.32 Å². The first-order chi connectivity index (χ1) is 11.1. The summed E-state index contributed by atoms with van der Waals surface area (Å²) in [4.78, 5) is 28.0. The molecule has 126 valence electrons. The van der Waals surface area contributed by atoms with Gasteiger partial charge < -0.3 is 24.6 Å². The standard InChI is InChI=1S/C16H23N3O4/c1-18(11-15(20)19-8-6-17-7-9-19)16(21)13-5-4-12(22-2)10-14(13)23-3/h4-5,10,17H,6-9,11H2,1-3H3. The van der Waals surface area contributed by atoms with Crippen LogP contribution in [-0.2, 0) is 4.79 Å². The predicted molar refractivity (Wildman–Crippen MR) is 86.0 cm³/mol. The zero-order chi connectivity index (χ0) is 16.8. The Balaban J connectivity index is 2.05. The molecule has 7 heteroatoms. The largest absolute Gasteiger partial charge is 0.497 e. The number of nitrogens with zero attached hydrogens (tertiary/aromatic N) is 2. The highest BCUT2D eigenvalue weighted by atomic mass is 16.5. The molecule has 0 saturated carbocycles. The van der Waals surface area contributed by atoms with E-state index in [-0.39, 0.29) is 18.4 Å². The van der Waals surface area contributed by atoms with Crippen molar-refractivity contribution in [1.29, 1.82) is 0 Å². The molecule has 0 atom stereocenters. The van der Waals surface area contributed by atoms with Gasteiger partial charge in [0.15, 0.2) is 0 Å². The van der Waals surface area contributed by atoms with Crippen molar-refractivity contribution in [3.8, 4) is 11.5 Å². The second kappa shape index (κ2) is 7.82. The smallest absolute Gasteiger partial charge is 0.257 e. The van der Waals surface area contributed by atoms with Gasteiger partial charge in [-0.1, -0.05) is 0 Å². The Morgan fingerprint density at radius 3 is 2.52 bits per heavy atom. The van der Waals surface area contributed by atoms with E-state index in [1.54, 1.807) is 37.3 Å². The van der Waals surface area contributed by atoms with Gasteiger partial charge in [0.05, 0.1) is 26.3 Å². The van der Waals surface area contributed by atoms with Crippen LogP contribution in [0.25, 0.3) is 0 Å². The highest BCUT2D eigenvalue weighted by molar-refractivity contribution is 5.98. The summed E-state index contributed by atoms with van der Waals surface area (Å²) in [5.74, 6) is 0.733. The Kier molecular flexibility index (Phi) is 5.81. The fraction of sp³-hybridized carbons (Fsp3) is 0.500. The highest BCUT2D eigenvalue weighted by Crippen LogP contribution is 2.25. The van der Waals surface area contributed by atoms with E-state index in [4.69, 9.17) is 9.47 Å². The van der Waals surface area contributed by atoms with E-state index < -0.39 is 0 Å². The molecule has 1 heterocycles. The number of methoxy groups -OCH3 is 2. The fourth-order valence-electron chi connectivity index (χ4n) is 2.47. The van der Waals surface area contributed by atoms with Crippen LogP contribution in [-0.4, -0.2) is 75.6 Å². The lowest BCUT2D eigenvalue weighted by molar-refractivity contribution is -0.132. The third-order valence-electron chi connectivity index (χ3n) is 3.83. The number of hydrogen-bond acceptors (Lipinski definition) is 5. The quantitative estimate of drug-likeness (QED) is 0.839. The summed E-state index contributed by atoms with van der Waals surface area (Å²) in [5, 5.41) is 3.19. The minimum Gasteiger partial charge on any atom is -0.497 e. The lowest BCUT2D eigenvalue weighted by atomic mass is 10.1. The summed E-state index contributed by atoms with van der Waals surface area (Å²) in [6.45, 7) is 2.97. The molecule has 1 aliphatic heterocycles. The van der Waals surface area contributed by atoms with Crippen LogP contribution in [0.4, 0.5) is 0 Å². The van der Waals surface area contributed by atoms with Crippen LogP contribution < -0.4 is 14.8 Å². The van der Waals surface area contributed by atoms with Gasteiger partial charge in [0.1, 0.15) is 11.5 Å². The number of carbonyl (C=O) groups is 2. The molecule has 1 aromatic carbocycles. The molecule has 23 heavy (non-hydrogen) atoms. The van der Waals surface area contributed by atoms with Gasteiger partial charge >= 0.3 is 0 Å². The van der Waals surface area contributed by atoms with Gasteiger partial charge in [-0.25, -0.2) is 0 Å². The summed E-state index contributed by atoms with van der Waals surface area (Å²) in [7, 11) is 4.66. The van der Waals surface area contributed by atoms with Crippen LogP contribution in [0.3, 0.4) is 0 Å². The first kappa shape index (κ1) is 17.1. The summed E-state index contributed by atoms with van der Waals surface area (Å²) < 4.78 is 10.4. The summed E-state index contributed by atoms with van der Waals surface area (Å²) in [6, 6.07) is 4.99. The van der Waals surface area contributed by atoms with Crippen molar-refractivity contribution in [2.24, 2.45) is 0 Å². The zero-order valence-corrected chi connectivity index (χ0v) is 13.8. The third-order valence-corrected chi connectivity index (χ3v) is 3.83. The molecule has 1 aromatic rings. The third kappa shape index (κ3) is 4.13. The topological polar surface area (TPSA) is 71.1 Å². The molecule has 1 N–H and O–H groups in total. The Morgan fingerprint density at radius 1 is 1.22 bits per heavy atom. The molecule has 1 aliphatic rings. The molecule has 1 saturated heterocycles. The van der Waals surface area contributed by atoms with Crippen LogP contribution in [0, 0.1) is 0 Å². The summed E-state index contributed by atoms with van der Waals surface area (Å²) >= 11 is 0. The molecule has 7 nitrogen and oxygen atoms in total. The lowest BCUT2D eigenvalue weighted by Gasteiger charge is -2.29. The van der Waals surface area contributed by atoms with Crippen LogP contribution in [0.2, 0.25) is 0 Å². The van der Waals surface area contributed by atoms with E-state index in [0.29, 0.717) is 30.2 Å². The van der Waals surface area contributed by atoms with Crippen LogP contribution in [0.1, 0.15) is 10.4 Å². The Hall–Kier alpha value is -2.28. The molecular formula is C16H23N3O4. The predicted octanol–water partition coefficient (Wildman–Crippen LogP) is 0.208. The van der Waals surface area contributed by atoms with Gasteiger partial charge in [-0.15, -0.1) is 0 Å². The van der Waals surface area contributed by atoms with Gasteiger partial charge in [-0.3, -0.25) is 9.59 Å². The SMILES string of the molecule is COc1ccc(C(=O)N(C)CC(=O)N2CCNCC2)c(OC)c1. The maximum Gasteiger partial charge on any atom is 0.257 e. The maximum absolute atomic E-state index is 12.6. The van der Waals surface area contributed by atoms with Crippen molar-refractivity contribution in [1.82, 2.24) is 15.1 Å². The van der Waals surface area contributed by atoms with E-state index in [1.165, 1.54) is 12.0 Å². The van der Waals surface area contributed by atoms with Gasteiger partial charge in [-0.2, -0.15) is 0 Å². The van der Waals surface area contributed by atoms with Crippen LogP contribution in [0.5, 0.6) is 11.5 Å². The second-order valence-electron chi connectivity index (χ2n) is 5.36. The Bertz CT molecular complexity index is 570. The first-order valence-corrected chi connectivity index (χ1v) is 7.52. The number of benzene rings is 1. The number of carbonyl (C=O) groups excluding carboxylic acids is 2. The number of likely N-dealkylation sites (N-methyl/N-ethyl adjacent to an activating group) is 1. The molecule has 0 bridgehead atoms. The first-order valence-electron chi connectivity index (χ1n) is 7.52. The van der Waals surface area contributed by atoms with E-state index in [1.807, 2.05) is 0 Å². The second-order valence-corrected chi connectivity index (χ2v) is 5.36. The van der Waals surface area contributed by atoms with Crippen molar-refractivity contribution < 1.29 is 19.1 Å².